The Labute approximate surface area is 758 Å². The van der Waals surface area contributed by atoms with E-state index in [2.05, 4.69) is 46.9 Å². The van der Waals surface area contributed by atoms with E-state index in [-0.39, 0.29) is 194 Å². The van der Waals surface area contributed by atoms with Crippen LogP contribution in [0.4, 0.5) is 28.8 Å². The Hall–Kier alpha value is -13.4. The number of furan rings is 1. The summed E-state index contributed by atoms with van der Waals surface area (Å²) in [5, 5.41) is 23.5. The maximum absolute atomic E-state index is 12.3. The first-order valence-electron chi connectivity index (χ1n) is 43.3. The van der Waals surface area contributed by atoms with E-state index < -0.39 is 36.3 Å². The first-order chi connectivity index (χ1) is 63.4. The number of carbonyl (C=O) groups is 18. The minimum absolute atomic E-state index is 0.00463. The third-order valence-electron chi connectivity index (χ3n) is 24.6. The van der Waals surface area contributed by atoms with Gasteiger partial charge in [-0.3, -0.25) is 96.5 Å². The highest BCUT2D eigenvalue weighted by Gasteiger charge is 2.54. The van der Waals surface area contributed by atoms with Crippen LogP contribution in [0.25, 0.3) is 0 Å². The molecule has 12 aliphatic heterocycles. The van der Waals surface area contributed by atoms with Crippen molar-refractivity contribution in [2.45, 2.75) is 163 Å². The van der Waals surface area contributed by atoms with Crippen LogP contribution in [0.2, 0.25) is 0 Å². The van der Waals surface area contributed by atoms with Gasteiger partial charge in [0.05, 0.1) is 124 Å². The van der Waals surface area contributed by atoms with E-state index in [1.54, 1.807) is 61.6 Å². The van der Waals surface area contributed by atoms with Crippen LogP contribution in [-0.4, -0.2) is 412 Å². The van der Waals surface area contributed by atoms with Crippen molar-refractivity contribution in [1.29, 1.82) is 0 Å². The molecule has 12 atom stereocenters. The van der Waals surface area contributed by atoms with E-state index >= 15 is 0 Å². The average Bonchev–Trinajstić information content (AvgIpc) is 1.66. The number of hydrogen-bond donors (Lipinski definition) is 6. The zero-order valence-corrected chi connectivity index (χ0v) is 75.0. The number of carbonyl (C=O) groups excluding carboxylic acids is 18. The lowest BCUT2D eigenvalue weighted by atomic mass is 10.0. The van der Waals surface area contributed by atoms with Gasteiger partial charge in [-0.15, -0.1) is 0 Å². The first kappa shape index (κ1) is 99.2. The second-order valence-electron chi connectivity index (χ2n) is 32.3. The molecular formula is C83H113N23O26. The number of pyridine rings is 2. The van der Waals surface area contributed by atoms with Gasteiger partial charge in [-0.1, -0.05) is 0 Å². The van der Waals surface area contributed by atoms with Gasteiger partial charge in [0, 0.05) is 102 Å². The van der Waals surface area contributed by atoms with Crippen molar-refractivity contribution in [3.63, 3.8) is 0 Å². The van der Waals surface area contributed by atoms with Crippen molar-refractivity contribution in [1.82, 2.24) is 116 Å². The summed E-state index contributed by atoms with van der Waals surface area (Å²) >= 11 is 0. The van der Waals surface area contributed by atoms with E-state index in [9.17, 15) is 86.3 Å². The fourth-order valence-electron chi connectivity index (χ4n) is 17.6. The predicted octanol–water partition coefficient (Wildman–Crippen LogP) is -0.545. The minimum Gasteiger partial charge on any atom is -0.461 e. The Morgan fingerprint density at radius 2 is 0.682 bits per heavy atom. The van der Waals surface area contributed by atoms with Gasteiger partial charge in [0.2, 0.25) is 58.8 Å². The van der Waals surface area contributed by atoms with Gasteiger partial charge in [0.25, 0.3) is 0 Å². The van der Waals surface area contributed by atoms with Gasteiger partial charge in [-0.25, -0.2) is 33.8 Å². The number of Topliss-reactive ketones (excluding diaryl/α,β-unsaturated/α-hetero) is 4. The molecule has 12 fully saturated rings. The fraction of sp³-hybridized carbons (Fsp3) is 0.578. The highest BCUT2D eigenvalue weighted by Crippen LogP contribution is 2.36. The van der Waals surface area contributed by atoms with E-state index in [4.69, 9.17) is 37.9 Å². The summed E-state index contributed by atoms with van der Waals surface area (Å²) in [6, 6.07) is 4.60. The number of ketones is 4. The molecule has 16 heterocycles. The number of nitrogens with one attached hydrogen (secondary N) is 6. The van der Waals surface area contributed by atoms with Crippen LogP contribution in [0.1, 0.15) is 133 Å². The van der Waals surface area contributed by atoms with E-state index in [0.717, 1.165) is 19.2 Å². The quantitative estimate of drug-likeness (QED) is 0.0357. The van der Waals surface area contributed by atoms with Crippen molar-refractivity contribution < 1.29 is 124 Å². The Morgan fingerprint density at radius 3 is 0.962 bits per heavy atom. The largest absolute Gasteiger partial charge is 0.461 e. The van der Waals surface area contributed by atoms with Gasteiger partial charge >= 0.3 is 36.2 Å². The number of fused-ring (bicyclic) bond motifs is 12. The number of amides is 20. The lowest BCUT2D eigenvalue weighted by Crippen LogP contribution is -2.51. The molecule has 49 nitrogen and oxygen atoms in total. The molecule has 0 radical (unpaired) electrons. The smallest absolute Gasteiger partial charge is 0.345 e. The molecule has 20 amide bonds. The standard InChI is InChI=1S/2C15H18N4O4.C14H24N4O4.C14H17N3O5.C13H16N4O5.C12H20N4O4/c1-23-19-11-2-3-12(18(9-11)15(19)22)14(21)17-8-13(20)10-4-6-16-7-5-10;1-23-19-11-4-5-12(18(9-11)15(19)22)14(21)17-8-13(20)10-3-2-6-16-7-10;1-4-16(5-2)12(19)8-15-13(20)11-7-6-10-9-17(11)14(21)18(10)22-3;1-21-17-9-4-5-10(16(8-9)14(17)20)13(19)15-7-11(18)12-3-2-6-22-12;1-21-17-8-2-3-10(16(5-8)13(17)20)12(19)14-4-11(18)9-6-22-7-15-9;1-14(2)10(17)6-13-11(18)9-5-4-8-7-15(9)12(19)16(8)20-3/h4-7,11-12H,2-3,8-9H2,1H3,(H,17,21);2-3,6-7,11-12H,4-5,8-9H2,1H3,(H,17,21);10-11H,4-9H2,1-3H3,(H,15,20);2-3,6,9-10H,4-5,7-8H2,1H3,(H,15,19);6-8,10H,2-5H2,1H3,(H,14,19);8-9H,4-7H2,1-3H3,(H,13,18)/t2*11-,12+;10-,11+;9-,10+;8-,10+;8-,9+/m111111/s1. The molecule has 12 aliphatic rings. The Bertz CT molecular complexity index is 4590. The molecule has 132 heavy (non-hydrogen) atoms. The molecule has 12 saturated heterocycles. The van der Waals surface area contributed by atoms with Gasteiger partial charge in [0.1, 0.15) is 48.2 Å². The summed E-state index contributed by atoms with van der Waals surface area (Å²) in [7, 11) is 11.9. The Balaban J connectivity index is 0.000000153. The second kappa shape index (κ2) is 45.9. The van der Waals surface area contributed by atoms with E-state index in [1.165, 1.54) is 138 Å². The lowest BCUT2D eigenvalue weighted by Gasteiger charge is -2.29. The molecule has 12 bridgehead atoms. The highest BCUT2D eigenvalue weighted by atomic mass is 16.7. The van der Waals surface area contributed by atoms with Crippen molar-refractivity contribution in [2.75, 3.05) is 148 Å². The summed E-state index contributed by atoms with van der Waals surface area (Å²) in [6.07, 6.45) is 17.5. The third-order valence-corrected chi connectivity index (χ3v) is 24.6. The summed E-state index contributed by atoms with van der Waals surface area (Å²) < 4.78 is 9.70. The Morgan fingerprint density at radius 1 is 0.371 bits per heavy atom. The number of likely N-dealkylation sites (N-methyl/N-ethyl adjacent to an activating group) is 2. The van der Waals surface area contributed by atoms with Gasteiger partial charge in [0.15, 0.2) is 23.7 Å². The fourth-order valence-corrected chi connectivity index (χ4v) is 17.6. The van der Waals surface area contributed by atoms with Crippen LogP contribution < -0.4 is 31.9 Å². The summed E-state index contributed by atoms with van der Waals surface area (Å²) in [6.45, 7) is 7.26. The number of nitrogens with zero attached hydrogens (tertiary/aromatic N) is 17. The molecule has 49 heteroatoms. The van der Waals surface area contributed by atoms with Crippen molar-refractivity contribution >= 4 is 107 Å². The van der Waals surface area contributed by atoms with Crippen LogP contribution in [0, 0.1) is 0 Å². The van der Waals surface area contributed by atoms with Crippen LogP contribution in [-0.2, 0) is 67.4 Å². The molecule has 0 spiro atoms. The maximum Gasteiger partial charge on any atom is 0.345 e. The van der Waals surface area contributed by atoms with E-state index in [0.29, 0.717) is 128 Å². The van der Waals surface area contributed by atoms with Crippen LogP contribution in [0.15, 0.2) is 88.9 Å². The molecule has 4 aromatic rings. The Kier molecular flexibility index (Phi) is 34.5. The number of urea groups is 6. The zero-order valence-electron chi connectivity index (χ0n) is 75.0. The zero-order chi connectivity index (χ0) is 95.3. The third kappa shape index (κ3) is 22.9. The highest BCUT2D eigenvalue weighted by molar-refractivity contribution is 6.03. The normalized spacial score (nSPS) is 23.7. The minimum atomic E-state index is -0.575. The lowest BCUT2D eigenvalue weighted by molar-refractivity contribution is -0.134. The average molecular weight is 1850 g/mol. The van der Waals surface area contributed by atoms with E-state index in [1.807, 2.05) is 13.8 Å². The topological polar surface area (TPSA) is 545 Å². The molecule has 0 aromatic carbocycles. The van der Waals surface area contributed by atoms with Crippen molar-refractivity contribution in [3.8, 4) is 0 Å². The number of rotatable bonds is 30. The molecule has 6 N–H and O–H groups in total. The van der Waals surface area contributed by atoms with Crippen LogP contribution in [0.5, 0.6) is 0 Å². The predicted molar refractivity (Wildman–Crippen MR) is 452 cm³/mol. The SMILES string of the molecule is CCN(CC)C(=O)CNC(=O)[C@@H]1CC[C@@H]2CN1C(=O)N2OC.CON1C(=O)N2C[C@H]1CC[C@H]2C(=O)NCC(=O)N(C)C.CON1C(=O)N2C[C@H]1CC[C@H]2C(=O)NCC(=O)c1cccnc1.CON1C(=O)N2C[C@H]1CC[C@H]2C(=O)NCC(=O)c1ccco1.CON1C(=O)N2C[C@H]1CC[C@H]2C(=O)NCC(=O)c1ccncc1.CON1C(=O)N2C[C@H]1CC[C@H]2C(=O)NCC(=O)c1cocn1. The second-order valence-corrected chi connectivity index (χ2v) is 32.3. The molecule has 0 aliphatic carbocycles. The summed E-state index contributed by atoms with van der Waals surface area (Å²) in [4.78, 5) is 271. The number of oxazole rings is 1. The molecule has 4 aromatic heterocycles. The molecule has 16 rings (SSSR count). The molecule has 0 saturated carbocycles. The summed E-state index contributed by atoms with van der Waals surface area (Å²) in [5.41, 5.74) is 1.10. The first-order valence-corrected chi connectivity index (χ1v) is 43.3. The molecule has 716 valence electrons. The summed E-state index contributed by atoms with van der Waals surface area (Å²) in [5.74, 6) is -3.01. The molecule has 0 unspecified atom stereocenters. The number of piperidine rings is 6. The van der Waals surface area contributed by atoms with Gasteiger partial charge in [-0.05, 0) is 127 Å². The maximum atomic E-state index is 12.3. The van der Waals surface area contributed by atoms with Gasteiger partial charge in [-0.2, -0.15) is 30.4 Å². The monoisotopic (exact) mass is 1850 g/mol. The molecular weight excluding hydrogens is 1740 g/mol. The van der Waals surface area contributed by atoms with Crippen molar-refractivity contribution in [3.05, 3.63) is 103 Å². The number of aromatic nitrogens is 3. The number of hydroxylamine groups is 12. The number of hydrogen-bond acceptors (Lipinski definition) is 29. The van der Waals surface area contributed by atoms with Crippen LogP contribution in [0.3, 0.4) is 0 Å². The van der Waals surface area contributed by atoms with Gasteiger partial charge < -0.3 is 79.9 Å². The van der Waals surface area contributed by atoms with Crippen molar-refractivity contribution in [2.24, 2.45) is 0 Å². The van der Waals surface area contributed by atoms with Crippen LogP contribution >= 0.6 is 0 Å².